The maximum absolute atomic E-state index is 13.2. The number of ether oxygens (including phenoxy) is 11. The number of fused-ring (bicyclic) bond motifs is 4. The topological polar surface area (TPSA) is 160 Å². The quantitative estimate of drug-likeness (QED) is 0.412. The minimum absolute atomic E-state index is 0.280. The molecule has 10 atom stereocenters. The van der Waals surface area contributed by atoms with E-state index in [0.717, 1.165) is 0 Å². The molecule has 232 valence electrons. The fraction of sp³-hybridized carbons (Fsp3) is 0.923. The first kappa shape index (κ1) is 29.6. The summed E-state index contributed by atoms with van der Waals surface area (Å²) in [7, 11) is 0. The largest absolute Gasteiger partial charge is 0.363 e. The molecule has 0 radical (unpaired) electrons. The van der Waals surface area contributed by atoms with E-state index in [0.29, 0.717) is 0 Å². The average molecular weight is 589 g/mol. The minimum Gasteiger partial charge on any atom is -0.363 e. The Morgan fingerprint density at radius 3 is 1.90 bits per heavy atom. The summed E-state index contributed by atoms with van der Waals surface area (Å²) in [6.07, 6.45) is -7.01. The molecule has 15 heteroatoms. The Labute approximate surface area is 237 Å². The minimum atomic E-state index is -1.13. The van der Waals surface area contributed by atoms with E-state index in [2.05, 4.69) is 10.9 Å². The highest BCUT2D eigenvalue weighted by atomic mass is 16.9. The fourth-order valence-corrected chi connectivity index (χ4v) is 6.10. The number of hydrazine groups is 1. The number of nitrogens with one attached hydrogen (secondary N) is 2. The number of hydrogen-bond acceptors (Lipinski definition) is 13. The van der Waals surface area contributed by atoms with Crippen LogP contribution in [0.3, 0.4) is 0 Å². The molecule has 0 aromatic rings. The summed E-state index contributed by atoms with van der Waals surface area (Å²) in [5.41, 5.74) is 4.77. The first-order valence-electron chi connectivity index (χ1n) is 13.9. The molecular weight excluding hydrogens is 548 g/mol. The second-order valence-electron chi connectivity index (χ2n) is 12.8. The van der Waals surface area contributed by atoms with E-state index in [1.165, 1.54) is 0 Å². The van der Waals surface area contributed by atoms with Gasteiger partial charge in [0.15, 0.2) is 41.8 Å². The van der Waals surface area contributed by atoms with Crippen LogP contribution < -0.4 is 10.9 Å². The van der Waals surface area contributed by atoms with E-state index in [1.807, 2.05) is 0 Å². The molecule has 0 spiro atoms. The van der Waals surface area contributed by atoms with Crippen LogP contribution >= 0.6 is 0 Å². The molecule has 2 amide bonds. The number of rotatable bonds is 5. The first-order chi connectivity index (χ1) is 19.0. The van der Waals surface area contributed by atoms with Crippen LogP contribution in [0.4, 0.5) is 0 Å². The number of hydrogen-bond donors (Lipinski definition) is 2. The van der Waals surface area contributed by atoms with Crippen LogP contribution in [-0.4, -0.2) is 110 Å². The second kappa shape index (κ2) is 10.0. The van der Waals surface area contributed by atoms with Gasteiger partial charge in [-0.05, 0) is 55.4 Å². The maximum atomic E-state index is 13.2. The van der Waals surface area contributed by atoms with Crippen molar-refractivity contribution in [3.63, 3.8) is 0 Å². The zero-order valence-electron chi connectivity index (χ0n) is 24.5. The van der Waals surface area contributed by atoms with Gasteiger partial charge in [0.25, 0.3) is 11.8 Å². The van der Waals surface area contributed by atoms with Gasteiger partial charge < -0.3 is 52.1 Å². The van der Waals surface area contributed by atoms with Gasteiger partial charge in [-0.3, -0.25) is 20.4 Å². The normalized spacial score (nSPS) is 44.7. The fourth-order valence-electron chi connectivity index (χ4n) is 6.10. The van der Waals surface area contributed by atoms with Crippen molar-refractivity contribution in [2.45, 2.75) is 140 Å². The highest BCUT2D eigenvalue weighted by molar-refractivity contribution is 5.85. The lowest BCUT2D eigenvalue weighted by Crippen LogP contribution is -2.61. The first-order valence-corrected chi connectivity index (χ1v) is 13.9. The van der Waals surface area contributed by atoms with Gasteiger partial charge in [0, 0.05) is 0 Å². The van der Waals surface area contributed by atoms with Gasteiger partial charge in [-0.2, -0.15) is 0 Å². The molecule has 0 saturated carbocycles. The Kier molecular flexibility index (Phi) is 7.23. The van der Waals surface area contributed by atoms with Gasteiger partial charge in [-0.25, -0.2) is 0 Å². The average Bonchev–Trinajstić information content (AvgIpc) is 3.60. The van der Waals surface area contributed by atoms with E-state index in [-0.39, 0.29) is 6.61 Å². The van der Waals surface area contributed by atoms with Gasteiger partial charge in [0.1, 0.15) is 49.3 Å². The van der Waals surface area contributed by atoms with Crippen LogP contribution in [0.5, 0.6) is 0 Å². The third-order valence-corrected chi connectivity index (χ3v) is 7.57. The van der Waals surface area contributed by atoms with Crippen molar-refractivity contribution in [3.8, 4) is 0 Å². The molecule has 2 N–H and O–H groups in total. The summed E-state index contributed by atoms with van der Waals surface area (Å²) in [5, 5.41) is 0. The summed E-state index contributed by atoms with van der Waals surface area (Å²) in [6, 6.07) is 0. The molecule has 6 saturated heterocycles. The van der Waals surface area contributed by atoms with Crippen LogP contribution in [0.1, 0.15) is 55.4 Å². The molecule has 6 aliphatic rings. The number of carbonyl (C=O) groups excluding carboxylic acids is 2. The van der Waals surface area contributed by atoms with Crippen molar-refractivity contribution >= 4 is 11.8 Å². The van der Waals surface area contributed by atoms with Crippen molar-refractivity contribution in [1.29, 1.82) is 0 Å². The zero-order chi connectivity index (χ0) is 29.5. The highest BCUT2D eigenvalue weighted by Gasteiger charge is 2.62. The van der Waals surface area contributed by atoms with E-state index in [1.54, 1.807) is 55.4 Å². The molecule has 0 bridgehead atoms. The Morgan fingerprint density at radius 1 is 0.659 bits per heavy atom. The Morgan fingerprint density at radius 2 is 1.24 bits per heavy atom. The summed E-state index contributed by atoms with van der Waals surface area (Å²) in [5.74, 6) is -4.82. The van der Waals surface area contributed by atoms with Crippen LogP contribution in [0.15, 0.2) is 0 Å². The van der Waals surface area contributed by atoms with Crippen molar-refractivity contribution in [2.75, 3.05) is 13.2 Å². The molecule has 6 aliphatic heterocycles. The number of carbonyl (C=O) groups is 2. The SMILES string of the molecule is CC1(C)OCC(C2OC3OC(C)(C)OC3C2OCC(=O)NNC(=O)C2OC3OC(C)(C)OC3C3OC(C)(C)OC23)O1. The Balaban J connectivity index is 1.06. The lowest BCUT2D eigenvalue weighted by molar-refractivity contribution is -0.235. The third kappa shape index (κ3) is 5.87. The smallest absolute Gasteiger partial charge is 0.270 e. The van der Waals surface area contributed by atoms with Crippen LogP contribution in [0.2, 0.25) is 0 Å². The Hall–Kier alpha value is -1.50. The van der Waals surface area contributed by atoms with Gasteiger partial charge in [-0.15, -0.1) is 0 Å². The van der Waals surface area contributed by atoms with Crippen LogP contribution in [0, 0.1) is 0 Å². The molecular formula is C26H40N2O13. The van der Waals surface area contributed by atoms with Crippen molar-refractivity contribution in [1.82, 2.24) is 10.9 Å². The predicted molar refractivity (Wildman–Crippen MR) is 132 cm³/mol. The molecule has 10 unspecified atom stereocenters. The van der Waals surface area contributed by atoms with Crippen LogP contribution in [-0.2, 0) is 61.7 Å². The molecule has 0 aliphatic carbocycles. The highest BCUT2D eigenvalue weighted by Crippen LogP contribution is 2.44. The van der Waals surface area contributed by atoms with Crippen molar-refractivity contribution in [3.05, 3.63) is 0 Å². The number of amides is 2. The standard InChI is InChI=1S/C26H40N2O13/c1-23(2)32-9-11(35-23)13-14(18-21(33-13)40-25(5,6)38-18)31-10-12(29)27-28-20(30)17-15-16(37-24(3,4)36-15)19-22(34-17)41-26(7,8)39-19/h11,13-19,21-22H,9-10H2,1-8H3,(H,27,29)(H,28,30). The lowest BCUT2D eigenvalue weighted by Gasteiger charge is -2.36. The van der Waals surface area contributed by atoms with Gasteiger partial charge in [-0.1, -0.05) is 0 Å². The lowest BCUT2D eigenvalue weighted by atomic mass is 9.98. The van der Waals surface area contributed by atoms with E-state index >= 15 is 0 Å². The zero-order valence-corrected chi connectivity index (χ0v) is 24.5. The maximum Gasteiger partial charge on any atom is 0.270 e. The summed E-state index contributed by atoms with van der Waals surface area (Å²) in [6.45, 7) is 14.0. The monoisotopic (exact) mass is 588 g/mol. The van der Waals surface area contributed by atoms with E-state index < -0.39 is 103 Å². The van der Waals surface area contributed by atoms with Gasteiger partial charge in [0.05, 0.1) is 6.61 Å². The Bertz CT molecular complexity index is 1050. The molecule has 0 aromatic heterocycles. The summed E-state index contributed by atoms with van der Waals surface area (Å²) in [4.78, 5) is 25.9. The molecule has 15 nitrogen and oxygen atoms in total. The van der Waals surface area contributed by atoms with Gasteiger partial charge >= 0.3 is 0 Å². The van der Waals surface area contributed by atoms with Crippen molar-refractivity contribution < 1.29 is 61.7 Å². The molecule has 41 heavy (non-hydrogen) atoms. The van der Waals surface area contributed by atoms with Crippen LogP contribution in [0.25, 0.3) is 0 Å². The molecule has 6 fully saturated rings. The summed E-state index contributed by atoms with van der Waals surface area (Å²) >= 11 is 0. The summed E-state index contributed by atoms with van der Waals surface area (Å²) < 4.78 is 65.3. The van der Waals surface area contributed by atoms with E-state index in [4.69, 9.17) is 52.1 Å². The molecule has 0 aromatic carbocycles. The predicted octanol–water partition coefficient (Wildman–Crippen LogP) is -0.0566. The third-order valence-electron chi connectivity index (χ3n) is 7.57. The molecule has 6 rings (SSSR count). The second-order valence-corrected chi connectivity index (χ2v) is 12.8. The van der Waals surface area contributed by atoms with Crippen molar-refractivity contribution in [2.24, 2.45) is 0 Å². The molecule has 6 heterocycles. The van der Waals surface area contributed by atoms with E-state index in [9.17, 15) is 9.59 Å². The van der Waals surface area contributed by atoms with Gasteiger partial charge in [0.2, 0.25) is 0 Å².